The third kappa shape index (κ3) is 6.51. The van der Waals surface area contributed by atoms with Gasteiger partial charge in [0.1, 0.15) is 0 Å². The van der Waals surface area contributed by atoms with E-state index in [-0.39, 0.29) is 11.4 Å². The summed E-state index contributed by atoms with van der Waals surface area (Å²) >= 11 is 1.82. The summed E-state index contributed by atoms with van der Waals surface area (Å²) in [7, 11) is 0. The first-order valence-electron chi connectivity index (χ1n) is 10.8. The van der Waals surface area contributed by atoms with Crippen LogP contribution in [-0.4, -0.2) is 36.8 Å². The van der Waals surface area contributed by atoms with Crippen LogP contribution >= 0.6 is 11.8 Å². The van der Waals surface area contributed by atoms with Crippen molar-refractivity contribution >= 4 is 23.5 Å². The summed E-state index contributed by atoms with van der Waals surface area (Å²) in [4.78, 5) is 16.2. The van der Waals surface area contributed by atoms with Crippen molar-refractivity contribution in [3.8, 4) is 0 Å². The first-order chi connectivity index (χ1) is 14.3. The lowest BCUT2D eigenvalue weighted by atomic mass is 9.87. The van der Waals surface area contributed by atoms with Crippen LogP contribution in [0.25, 0.3) is 0 Å². The lowest BCUT2D eigenvalue weighted by Crippen LogP contribution is -2.39. The molecule has 3 rings (SSSR count). The van der Waals surface area contributed by atoms with Gasteiger partial charge in [0, 0.05) is 23.7 Å². The Morgan fingerprint density at radius 1 is 1.07 bits per heavy atom. The third-order valence-corrected chi connectivity index (χ3v) is 6.69. The molecule has 5 heteroatoms. The summed E-state index contributed by atoms with van der Waals surface area (Å²) < 4.78 is 0. The van der Waals surface area contributed by atoms with Crippen LogP contribution in [0.4, 0.5) is 10.5 Å². The second-order valence-corrected chi connectivity index (χ2v) is 10.0. The second-order valence-electron chi connectivity index (χ2n) is 9.19. The zero-order valence-corrected chi connectivity index (χ0v) is 19.5. The highest BCUT2D eigenvalue weighted by molar-refractivity contribution is 7.98. The van der Waals surface area contributed by atoms with E-state index in [0.717, 1.165) is 44.7 Å². The number of piperidine rings is 1. The van der Waals surface area contributed by atoms with E-state index < -0.39 is 0 Å². The quantitative estimate of drug-likeness (QED) is 0.580. The van der Waals surface area contributed by atoms with E-state index in [9.17, 15) is 4.79 Å². The van der Waals surface area contributed by atoms with E-state index >= 15 is 0 Å². The molecule has 30 heavy (non-hydrogen) atoms. The van der Waals surface area contributed by atoms with Gasteiger partial charge in [0.25, 0.3) is 0 Å². The van der Waals surface area contributed by atoms with Crippen LogP contribution in [0.5, 0.6) is 0 Å². The number of hydrogen-bond donors (Lipinski definition) is 2. The number of thioether (sulfide) groups is 1. The molecule has 0 atom stereocenters. The van der Waals surface area contributed by atoms with Crippen LogP contribution in [-0.2, 0) is 12.0 Å². The summed E-state index contributed by atoms with van der Waals surface area (Å²) in [6.07, 6.45) is 4.39. The van der Waals surface area contributed by atoms with Crippen LogP contribution in [0.2, 0.25) is 0 Å². The molecule has 2 aromatic carbocycles. The minimum absolute atomic E-state index is 0.116. The number of benzene rings is 2. The van der Waals surface area contributed by atoms with Crippen molar-refractivity contribution < 1.29 is 4.79 Å². The van der Waals surface area contributed by atoms with Crippen molar-refractivity contribution in [3.63, 3.8) is 0 Å². The highest BCUT2D eigenvalue weighted by Crippen LogP contribution is 2.25. The van der Waals surface area contributed by atoms with Gasteiger partial charge in [-0.15, -0.1) is 11.8 Å². The number of urea groups is 1. The predicted molar refractivity (Wildman–Crippen MR) is 128 cm³/mol. The molecule has 2 amide bonds. The van der Waals surface area contributed by atoms with Crippen molar-refractivity contribution in [1.29, 1.82) is 0 Å². The van der Waals surface area contributed by atoms with Gasteiger partial charge in [-0.2, -0.15) is 0 Å². The first-order valence-corrected chi connectivity index (χ1v) is 12.1. The number of rotatable bonds is 6. The lowest BCUT2D eigenvalue weighted by molar-refractivity contribution is 0.175. The van der Waals surface area contributed by atoms with Crippen molar-refractivity contribution in [3.05, 3.63) is 59.7 Å². The summed E-state index contributed by atoms with van der Waals surface area (Å²) in [5, 5.41) is 6.01. The van der Waals surface area contributed by atoms with E-state index in [1.165, 1.54) is 16.0 Å². The largest absolute Gasteiger partial charge is 0.338 e. The highest BCUT2D eigenvalue weighted by atomic mass is 32.2. The fraction of sp³-hybridized carbons (Fsp3) is 0.480. The molecule has 4 nitrogen and oxygen atoms in total. The third-order valence-electron chi connectivity index (χ3n) is 5.85. The summed E-state index contributed by atoms with van der Waals surface area (Å²) in [5.41, 5.74) is 3.63. The second kappa shape index (κ2) is 10.4. The van der Waals surface area contributed by atoms with Gasteiger partial charge in [0.05, 0.1) is 0 Å². The molecular weight excluding hydrogens is 390 g/mol. The van der Waals surface area contributed by atoms with Crippen molar-refractivity contribution in [2.45, 2.75) is 50.5 Å². The maximum absolute atomic E-state index is 12.3. The Morgan fingerprint density at radius 2 is 1.73 bits per heavy atom. The smallest absolute Gasteiger partial charge is 0.319 e. The van der Waals surface area contributed by atoms with Gasteiger partial charge >= 0.3 is 6.03 Å². The summed E-state index contributed by atoms with van der Waals surface area (Å²) in [5.74, 6) is 0.547. The van der Waals surface area contributed by atoms with E-state index in [2.05, 4.69) is 79.0 Å². The van der Waals surface area contributed by atoms with Crippen LogP contribution in [0, 0.1) is 5.92 Å². The first kappa shape index (κ1) is 22.7. The van der Waals surface area contributed by atoms with Crippen molar-refractivity contribution in [2.24, 2.45) is 5.92 Å². The Morgan fingerprint density at radius 3 is 2.37 bits per heavy atom. The average molecular weight is 426 g/mol. The molecule has 0 aromatic heterocycles. The zero-order chi connectivity index (χ0) is 21.6. The number of carbonyl (C=O) groups is 1. The summed E-state index contributed by atoms with van der Waals surface area (Å²) in [6, 6.07) is 16.7. The van der Waals surface area contributed by atoms with Crippen molar-refractivity contribution in [2.75, 3.05) is 31.2 Å². The molecule has 0 unspecified atom stereocenters. The van der Waals surface area contributed by atoms with E-state index in [4.69, 9.17) is 0 Å². The SMILES string of the molecule is CSc1ccccc1CN1CCC(CNC(=O)Nc2ccc(C(C)(C)C)cc2)CC1. The van der Waals surface area contributed by atoms with Crippen LogP contribution in [0.3, 0.4) is 0 Å². The zero-order valence-electron chi connectivity index (χ0n) is 18.7. The molecule has 0 bridgehead atoms. The molecule has 1 heterocycles. The molecule has 0 aliphatic carbocycles. The Bertz CT molecular complexity index is 821. The lowest BCUT2D eigenvalue weighted by Gasteiger charge is -2.32. The topological polar surface area (TPSA) is 44.4 Å². The van der Waals surface area contributed by atoms with Crippen LogP contribution in [0.1, 0.15) is 44.7 Å². The highest BCUT2D eigenvalue weighted by Gasteiger charge is 2.20. The molecular formula is C25H35N3OS. The molecule has 0 saturated carbocycles. The molecule has 0 radical (unpaired) electrons. The number of nitrogens with zero attached hydrogens (tertiary/aromatic N) is 1. The molecule has 2 aromatic rings. The minimum atomic E-state index is -0.116. The van der Waals surface area contributed by atoms with Gasteiger partial charge in [-0.05, 0) is 72.8 Å². The van der Waals surface area contributed by atoms with E-state index in [1.54, 1.807) is 0 Å². The fourth-order valence-electron chi connectivity index (χ4n) is 3.89. The normalized spacial score (nSPS) is 15.7. The average Bonchev–Trinajstić information content (AvgIpc) is 2.73. The fourth-order valence-corrected chi connectivity index (χ4v) is 4.50. The molecule has 1 aliphatic rings. The Kier molecular flexibility index (Phi) is 7.84. The van der Waals surface area contributed by atoms with Crippen molar-refractivity contribution in [1.82, 2.24) is 10.2 Å². The van der Waals surface area contributed by atoms with E-state index in [0.29, 0.717) is 5.92 Å². The van der Waals surface area contributed by atoms with Gasteiger partial charge in [0.2, 0.25) is 0 Å². The van der Waals surface area contributed by atoms with Gasteiger partial charge in [0.15, 0.2) is 0 Å². The summed E-state index contributed by atoms with van der Waals surface area (Å²) in [6.45, 7) is 10.5. The molecule has 1 fully saturated rings. The molecule has 1 aliphatic heterocycles. The van der Waals surface area contributed by atoms with Crippen LogP contribution < -0.4 is 10.6 Å². The van der Waals surface area contributed by atoms with Crippen LogP contribution in [0.15, 0.2) is 53.4 Å². The van der Waals surface area contributed by atoms with Gasteiger partial charge < -0.3 is 10.6 Å². The van der Waals surface area contributed by atoms with Gasteiger partial charge in [-0.3, -0.25) is 4.90 Å². The Balaban J connectivity index is 1.39. The number of carbonyl (C=O) groups excluding carboxylic acids is 1. The standard InChI is InChI=1S/C25H35N3OS/c1-25(2,3)21-9-11-22(12-10-21)27-24(29)26-17-19-13-15-28(16-14-19)18-20-7-5-6-8-23(20)30-4/h5-12,19H,13-18H2,1-4H3,(H2,26,27,29). The van der Waals surface area contributed by atoms with E-state index in [1.807, 2.05) is 23.9 Å². The maximum Gasteiger partial charge on any atom is 0.319 e. The Labute approximate surface area is 185 Å². The number of hydrogen-bond acceptors (Lipinski definition) is 3. The monoisotopic (exact) mass is 425 g/mol. The Hall–Kier alpha value is -1.98. The molecule has 0 spiro atoms. The number of anilines is 1. The predicted octanol–water partition coefficient (Wildman–Crippen LogP) is 5.74. The maximum atomic E-state index is 12.3. The molecule has 2 N–H and O–H groups in total. The van der Waals surface area contributed by atoms with Gasteiger partial charge in [-0.1, -0.05) is 51.1 Å². The minimum Gasteiger partial charge on any atom is -0.338 e. The molecule has 1 saturated heterocycles. The number of likely N-dealkylation sites (tertiary alicyclic amines) is 1. The van der Waals surface area contributed by atoms with Gasteiger partial charge in [-0.25, -0.2) is 4.79 Å². The number of nitrogens with one attached hydrogen (secondary N) is 2. The number of amides is 2. The molecule has 162 valence electrons.